The van der Waals surface area contributed by atoms with E-state index in [0.29, 0.717) is 0 Å². The highest BCUT2D eigenvalue weighted by molar-refractivity contribution is 5.90. The van der Waals surface area contributed by atoms with Gasteiger partial charge in [-0.25, -0.2) is 9.18 Å². The maximum atomic E-state index is 13.9. The van der Waals surface area contributed by atoms with Crippen molar-refractivity contribution in [2.75, 3.05) is 11.9 Å². The van der Waals surface area contributed by atoms with Crippen LogP contribution in [0.5, 0.6) is 0 Å². The zero-order valence-corrected chi connectivity index (χ0v) is 11.3. The molecule has 0 unspecified atom stereocenters. The standard InChI is InChI=1S/C15H9FN4O2/c1-2-5-22-15(21)10-3-4-13(12(16)6-10)20-14(9-19)11(7-17)8-18/h2-4,6,20H,1,5H2. The molecule has 108 valence electrons. The minimum atomic E-state index is -0.837. The summed E-state index contributed by atoms with van der Waals surface area (Å²) in [6, 6.07) is 8.04. The molecule has 0 heterocycles. The Morgan fingerprint density at radius 2 is 2.00 bits per heavy atom. The largest absolute Gasteiger partial charge is 0.458 e. The second-order valence-electron chi connectivity index (χ2n) is 3.79. The van der Waals surface area contributed by atoms with E-state index < -0.39 is 17.4 Å². The summed E-state index contributed by atoms with van der Waals surface area (Å²) in [7, 11) is 0. The van der Waals surface area contributed by atoms with Gasteiger partial charge in [-0.15, -0.1) is 0 Å². The van der Waals surface area contributed by atoms with Crippen molar-refractivity contribution in [2.45, 2.75) is 0 Å². The lowest BCUT2D eigenvalue weighted by Crippen LogP contribution is -2.07. The Hall–Kier alpha value is -3.63. The van der Waals surface area contributed by atoms with Crippen molar-refractivity contribution < 1.29 is 13.9 Å². The third-order valence-electron chi connectivity index (χ3n) is 2.38. The van der Waals surface area contributed by atoms with Crippen LogP contribution in [-0.4, -0.2) is 12.6 Å². The molecular weight excluding hydrogens is 287 g/mol. The fourth-order valence-corrected chi connectivity index (χ4v) is 1.38. The number of hydrogen-bond donors (Lipinski definition) is 1. The van der Waals surface area contributed by atoms with Gasteiger partial charge in [0.25, 0.3) is 0 Å². The summed E-state index contributed by atoms with van der Waals surface area (Å²) >= 11 is 0. The number of carbonyl (C=O) groups is 1. The highest BCUT2D eigenvalue weighted by Crippen LogP contribution is 2.19. The number of benzene rings is 1. The Balaban J connectivity index is 3.06. The molecule has 1 rings (SSSR count). The molecule has 0 aliphatic heterocycles. The van der Waals surface area contributed by atoms with Gasteiger partial charge in [0.15, 0.2) is 5.57 Å². The van der Waals surface area contributed by atoms with E-state index in [1.54, 1.807) is 6.07 Å². The molecule has 0 aliphatic carbocycles. The van der Waals surface area contributed by atoms with Crippen molar-refractivity contribution in [1.29, 1.82) is 15.8 Å². The summed E-state index contributed by atoms with van der Waals surface area (Å²) in [6.45, 7) is 3.38. The van der Waals surface area contributed by atoms with Crippen LogP contribution in [0.3, 0.4) is 0 Å². The summed E-state index contributed by atoms with van der Waals surface area (Å²) in [5, 5.41) is 28.6. The third kappa shape index (κ3) is 3.93. The molecule has 0 saturated carbocycles. The minimum absolute atomic E-state index is 0.00449. The van der Waals surface area contributed by atoms with Crippen LogP contribution in [-0.2, 0) is 4.74 Å². The molecule has 0 radical (unpaired) electrons. The van der Waals surface area contributed by atoms with Crippen molar-refractivity contribution >= 4 is 11.7 Å². The van der Waals surface area contributed by atoms with Gasteiger partial charge in [0.1, 0.15) is 36.3 Å². The van der Waals surface area contributed by atoms with E-state index in [1.165, 1.54) is 30.3 Å². The van der Waals surface area contributed by atoms with Crippen LogP contribution in [0.2, 0.25) is 0 Å². The monoisotopic (exact) mass is 296 g/mol. The number of nitrogens with one attached hydrogen (secondary N) is 1. The first-order chi connectivity index (χ1) is 10.6. The third-order valence-corrected chi connectivity index (χ3v) is 2.38. The van der Waals surface area contributed by atoms with E-state index in [4.69, 9.17) is 20.5 Å². The molecule has 0 aromatic heterocycles. The van der Waals surface area contributed by atoms with Gasteiger partial charge in [0, 0.05) is 0 Å². The average molecular weight is 296 g/mol. The minimum Gasteiger partial charge on any atom is -0.458 e. The van der Waals surface area contributed by atoms with Crippen molar-refractivity contribution in [2.24, 2.45) is 0 Å². The molecule has 6 nitrogen and oxygen atoms in total. The number of nitrogens with zero attached hydrogens (tertiary/aromatic N) is 3. The lowest BCUT2D eigenvalue weighted by atomic mass is 10.2. The van der Waals surface area contributed by atoms with Crippen LogP contribution in [0.25, 0.3) is 0 Å². The van der Waals surface area contributed by atoms with Crippen LogP contribution in [0.1, 0.15) is 10.4 Å². The van der Waals surface area contributed by atoms with Gasteiger partial charge in [-0.1, -0.05) is 12.7 Å². The summed E-state index contributed by atoms with van der Waals surface area (Å²) in [5.41, 5.74) is -1.03. The molecule has 1 N–H and O–H groups in total. The van der Waals surface area contributed by atoms with Crippen LogP contribution in [0.15, 0.2) is 42.1 Å². The number of esters is 1. The lowest BCUT2D eigenvalue weighted by Gasteiger charge is -2.08. The molecule has 0 amide bonds. The zero-order chi connectivity index (χ0) is 16.5. The normalized spacial score (nSPS) is 8.64. The van der Waals surface area contributed by atoms with Crippen LogP contribution in [0.4, 0.5) is 10.1 Å². The molecule has 1 aromatic carbocycles. The van der Waals surface area contributed by atoms with Crippen molar-refractivity contribution in [1.82, 2.24) is 0 Å². The van der Waals surface area contributed by atoms with Gasteiger partial charge in [-0.05, 0) is 18.2 Å². The first-order valence-electron chi connectivity index (χ1n) is 5.86. The molecule has 0 spiro atoms. The fourth-order valence-electron chi connectivity index (χ4n) is 1.38. The molecule has 0 fully saturated rings. The van der Waals surface area contributed by atoms with E-state index >= 15 is 0 Å². The Kier molecular flexibility index (Phi) is 5.85. The zero-order valence-electron chi connectivity index (χ0n) is 11.3. The lowest BCUT2D eigenvalue weighted by molar-refractivity contribution is 0.0549. The SMILES string of the molecule is C=CCOC(=O)c1ccc(NC(C#N)=C(C#N)C#N)c(F)c1. The second kappa shape index (κ2) is 7.84. The summed E-state index contributed by atoms with van der Waals surface area (Å²) in [5.74, 6) is -1.56. The van der Waals surface area contributed by atoms with Gasteiger partial charge in [0.2, 0.25) is 0 Å². The number of hydrogen-bond acceptors (Lipinski definition) is 6. The van der Waals surface area contributed by atoms with Crippen LogP contribution >= 0.6 is 0 Å². The van der Waals surface area contributed by atoms with Gasteiger partial charge in [-0.3, -0.25) is 0 Å². The maximum Gasteiger partial charge on any atom is 0.338 e. The molecule has 7 heteroatoms. The van der Waals surface area contributed by atoms with E-state index in [1.807, 2.05) is 0 Å². The van der Waals surface area contributed by atoms with Gasteiger partial charge >= 0.3 is 5.97 Å². The van der Waals surface area contributed by atoms with Crippen molar-refractivity contribution in [3.8, 4) is 18.2 Å². The van der Waals surface area contributed by atoms with Gasteiger partial charge in [-0.2, -0.15) is 15.8 Å². The number of nitriles is 3. The number of allylic oxidation sites excluding steroid dienone is 2. The number of rotatable bonds is 5. The Morgan fingerprint density at radius 1 is 1.32 bits per heavy atom. The number of anilines is 1. The number of halogens is 1. The Labute approximate surface area is 126 Å². The van der Waals surface area contributed by atoms with Crippen molar-refractivity contribution in [3.63, 3.8) is 0 Å². The summed E-state index contributed by atoms with van der Waals surface area (Å²) in [6.07, 6.45) is 1.37. The molecule has 0 bridgehead atoms. The molecule has 1 aromatic rings. The molecular formula is C15H9FN4O2. The summed E-state index contributed by atoms with van der Waals surface area (Å²) < 4.78 is 18.7. The smallest absolute Gasteiger partial charge is 0.338 e. The van der Waals surface area contributed by atoms with E-state index in [-0.39, 0.29) is 23.6 Å². The topological polar surface area (TPSA) is 110 Å². The fraction of sp³-hybridized carbons (Fsp3) is 0.0667. The highest BCUT2D eigenvalue weighted by Gasteiger charge is 2.13. The highest BCUT2D eigenvalue weighted by atomic mass is 19.1. The van der Waals surface area contributed by atoms with Gasteiger partial charge < -0.3 is 10.1 Å². The van der Waals surface area contributed by atoms with E-state index in [0.717, 1.165) is 6.07 Å². The van der Waals surface area contributed by atoms with E-state index in [2.05, 4.69) is 11.9 Å². The Bertz CT molecular complexity index is 747. The maximum absolute atomic E-state index is 13.9. The van der Waals surface area contributed by atoms with E-state index in [9.17, 15) is 9.18 Å². The number of ether oxygens (including phenoxy) is 1. The molecule has 22 heavy (non-hydrogen) atoms. The molecule has 0 saturated heterocycles. The molecule has 0 atom stereocenters. The van der Waals surface area contributed by atoms with Crippen LogP contribution in [0, 0.1) is 39.8 Å². The first kappa shape index (κ1) is 16.4. The van der Waals surface area contributed by atoms with Crippen LogP contribution < -0.4 is 5.32 Å². The summed E-state index contributed by atoms with van der Waals surface area (Å²) in [4.78, 5) is 11.5. The predicted octanol–water partition coefficient (Wildman–Crippen LogP) is 2.41. The van der Waals surface area contributed by atoms with Gasteiger partial charge in [0.05, 0.1) is 11.3 Å². The predicted molar refractivity (Wildman–Crippen MR) is 74.4 cm³/mol. The number of carbonyl (C=O) groups excluding carboxylic acids is 1. The average Bonchev–Trinajstić information content (AvgIpc) is 2.53. The first-order valence-corrected chi connectivity index (χ1v) is 5.86. The Morgan fingerprint density at radius 3 is 2.50 bits per heavy atom. The second-order valence-corrected chi connectivity index (χ2v) is 3.79. The molecule has 0 aliphatic rings. The van der Waals surface area contributed by atoms with Crippen molar-refractivity contribution in [3.05, 3.63) is 53.5 Å². The quantitative estimate of drug-likeness (QED) is 0.507.